The van der Waals surface area contributed by atoms with Gasteiger partial charge in [0.25, 0.3) is 0 Å². The van der Waals surface area contributed by atoms with E-state index in [1.165, 1.54) is 0 Å². The summed E-state index contributed by atoms with van der Waals surface area (Å²) in [5, 5.41) is 2.30. The highest BCUT2D eigenvalue weighted by Gasteiger charge is 2.11. The van der Waals surface area contributed by atoms with Crippen molar-refractivity contribution in [2.24, 2.45) is 17.0 Å². The van der Waals surface area contributed by atoms with Gasteiger partial charge in [0, 0.05) is 6.54 Å². The van der Waals surface area contributed by atoms with Crippen molar-refractivity contribution in [2.45, 2.75) is 20.0 Å². The van der Waals surface area contributed by atoms with E-state index in [4.69, 9.17) is 5.73 Å². The Morgan fingerprint density at radius 3 is 2.33 bits per heavy atom. The molecule has 0 amide bonds. The van der Waals surface area contributed by atoms with E-state index in [0.717, 1.165) is 0 Å². The van der Waals surface area contributed by atoms with Crippen LogP contribution in [0, 0.1) is 10.8 Å². The van der Waals surface area contributed by atoms with Crippen LogP contribution >= 0.6 is 0 Å². The lowest BCUT2D eigenvalue weighted by Crippen LogP contribution is -2.27. The van der Waals surface area contributed by atoms with Crippen molar-refractivity contribution in [2.75, 3.05) is 6.54 Å². The van der Waals surface area contributed by atoms with E-state index in [1.807, 2.05) is 13.8 Å². The van der Waals surface area contributed by atoms with Gasteiger partial charge in [-0.1, -0.05) is 13.8 Å². The van der Waals surface area contributed by atoms with Gasteiger partial charge < -0.3 is 10.6 Å². The Kier molecular flexibility index (Phi) is 3.96. The molecule has 0 heterocycles. The summed E-state index contributed by atoms with van der Waals surface area (Å²) in [6.07, 6.45) is -0.234. The summed E-state index contributed by atoms with van der Waals surface area (Å²) in [5.41, 5.74) is 5.24. The SMILES string of the molecule is CC(C)[C@@H](CN)ON=O. The van der Waals surface area contributed by atoms with E-state index >= 15 is 0 Å². The highest BCUT2D eigenvalue weighted by atomic mass is 16.7. The monoisotopic (exact) mass is 132 g/mol. The number of nitrogens with zero attached hydrogens (tertiary/aromatic N) is 1. The first-order valence-corrected chi connectivity index (χ1v) is 2.91. The summed E-state index contributed by atoms with van der Waals surface area (Å²) in [7, 11) is 0. The van der Waals surface area contributed by atoms with E-state index in [9.17, 15) is 4.91 Å². The maximum Gasteiger partial charge on any atom is 0.155 e. The highest BCUT2D eigenvalue weighted by molar-refractivity contribution is 4.60. The maximum atomic E-state index is 9.55. The molecule has 0 fully saturated rings. The molecular formula is C5H12N2O2. The molecule has 2 N–H and O–H groups in total. The molecule has 0 rings (SSSR count). The van der Waals surface area contributed by atoms with Gasteiger partial charge in [-0.2, -0.15) is 0 Å². The summed E-state index contributed by atoms with van der Waals surface area (Å²) < 4.78 is 0. The van der Waals surface area contributed by atoms with Crippen molar-refractivity contribution < 1.29 is 4.84 Å². The minimum absolute atomic E-state index is 0.234. The van der Waals surface area contributed by atoms with Crippen molar-refractivity contribution in [3.63, 3.8) is 0 Å². The molecule has 0 bridgehead atoms. The highest BCUT2D eigenvalue weighted by Crippen LogP contribution is 2.03. The second kappa shape index (κ2) is 4.26. The fourth-order valence-corrected chi connectivity index (χ4v) is 0.492. The van der Waals surface area contributed by atoms with Crippen LogP contribution in [-0.2, 0) is 4.84 Å². The zero-order valence-electron chi connectivity index (χ0n) is 5.70. The third kappa shape index (κ3) is 3.03. The quantitative estimate of drug-likeness (QED) is 0.451. The molecule has 0 unspecified atom stereocenters. The lowest BCUT2D eigenvalue weighted by Gasteiger charge is -2.13. The van der Waals surface area contributed by atoms with Crippen LogP contribution in [-0.4, -0.2) is 12.6 Å². The average Bonchev–Trinajstić information content (AvgIpc) is 1.82. The smallest absolute Gasteiger partial charge is 0.155 e. The fourth-order valence-electron chi connectivity index (χ4n) is 0.492. The van der Waals surface area contributed by atoms with Crippen LogP contribution < -0.4 is 5.73 Å². The van der Waals surface area contributed by atoms with Crippen molar-refractivity contribution in [1.82, 2.24) is 0 Å². The van der Waals surface area contributed by atoms with Gasteiger partial charge in [-0.3, -0.25) is 0 Å². The van der Waals surface area contributed by atoms with E-state index in [2.05, 4.69) is 10.2 Å². The lowest BCUT2D eigenvalue weighted by molar-refractivity contribution is 0.0299. The molecule has 4 nitrogen and oxygen atoms in total. The number of nitrogens with two attached hydrogens (primary N) is 1. The van der Waals surface area contributed by atoms with E-state index in [0.29, 0.717) is 6.54 Å². The standard InChI is InChI=1S/C5H12N2O2/c1-4(2)5(3-6)9-7-8/h4-5H,3,6H2,1-2H3/t5-/m1/s1. The molecule has 0 spiro atoms. The minimum atomic E-state index is -0.234. The number of rotatable bonds is 4. The van der Waals surface area contributed by atoms with Gasteiger partial charge in [0.05, 0.1) is 0 Å². The van der Waals surface area contributed by atoms with Gasteiger partial charge in [-0.05, 0) is 5.92 Å². The topological polar surface area (TPSA) is 64.7 Å². The molecule has 0 aromatic carbocycles. The third-order valence-electron chi connectivity index (χ3n) is 1.15. The summed E-state index contributed by atoms with van der Waals surface area (Å²) >= 11 is 0. The van der Waals surface area contributed by atoms with Crippen LogP contribution in [0.4, 0.5) is 0 Å². The molecule has 0 aliphatic heterocycles. The van der Waals surface area contributed by atoms with Crippen LogP contribution in [0.2, 0.25) is 0 Å². The largest absolute Gasteiger partial charge is 0.359 e. The van der Waals surface area contributed by atoms with Crippen molar-refractivity contribution in [3.8, 4) is 0 Å². The van der Waals surface area contributed by atoms with Gasteiger partial charge in [0.15, 0.2) is 5.34 Å². The first-order chi connectivity index (χ1) is 4.22. The third-order valence-corrected chi connectivity index (χ3v) is 1.15. The Hall–Kier alpha value is -0.640. The van der Waals surface area contributed by atoms with E-state index < -0.39 is 0 Å². The van der Waals surface area contributed by atoms with Gasteiger partial charge in [-0.25, -0.2) is 0 Å². The molecule has 0 saturated carbocycles. The number of hydrogen-bond donors (Lipinski definition) is 1. The average molecular weight is 132 g/mol. The predicted octanol–water partition coefficient (Wildman–Crippen LogP) is 0.668. The molecule has 0 aromatic rings. The fraction of sp³-hybridized carbons (Fsp3) is 1.00. The van der Waals surface area contributed by atoms with Crippen LogP contribution in [0.3, 0.4) is 0 Å². The van der Waals surface area contributed by atoms with Gasteiger partial charge in [0.2, 0.25) is 0 Å². The van der Waals surface area contributed by atoms with Crippen LogP contribution in [0.15, 0.2) is 5.34 Å². The molecule has 4 heteroatoms. The zero-order valence-corrected chi connectivity index (χ0v) is 5.70. The molecule has 9 heavy (non-hydrogen) atoms. The minimum Gasteiger partial charge on any atom is -0.359 e. The van der Waals surface area contributed by atoms with Crippen molar-refractivity contribution >= 4 is 0 Å². The zero-order chi connectivity index (χ0) is 7.28. The lowest BCUT2D eigenvalue weighted by atomic mass is 10.1. The van der Waals surface area contributed by atoms with Gasteiger partial charge >= 0.3 is 0 Å². The summed E-state index contributed by atoms with van der Waals surface area (Å²) in [6, 6.07) is 0. The maximum absolute atomic E-state index is 9.55. The summed E-state index contributed by atoms with van der Waals surface area (Å²) in [5.74, 6) is 0.243. The van der Waals surface area contributed by atoms with Crippen LogP contribution in [0.1, 0.15) is 13.8 Å². The Bertz CT molecular complexity index is 85.0. The van der Waals surface area contributed by atoms with E-state index in [-0.39, 0.29) is 12.0 Å². The van der Waals surface area contributed by atoms with Crippen molar-refractivity contribution in [3.05, 3.63) is 4.91 Å². The van der Waals surface area contributed by atoms with Crippen LogP contribution in [0.25, 0.3) is 0 Å². The molecule has 1 atom stereocenters. The Balaban J connectivity index is 3.53. The molecule has 0 radical (unpaired) electrons. The van der Waals surface area contributed by atoms with Crippen LogP contribution in [0.5, 0.6) is 0 Å². The summed E-state index contributed by atoms with van der Waals surface area (Å²) in [4.78, 5) is 13.9. The Labute approximate surface area is 54.3 Å². The first-order valence-electron chi connectivity index (χ1n) is 2.91. The molecular weight excluding hydrogens is 120 g/mol. The molecule has 54 valence electrons. The molecule has 0 saturated heterocycles. The Morgan fingerprint density at radius 2 is 2.22 bits per heavy atom. The van der Waals surface area contributed by atoms with Gasteiger partial charge in [0.1, 0.15) is 6.10 Å². The molecule has 0 aliphatic carbocycles. The summed E-state index contributed by atoms with van der Waals surface area (Å²) in [6.45, 7) is 4.18. The predicted molar refractivity (Wildman–Crippen MR) is 34.6 cm³/mol. The van der Waals surface area contributed by atoms with E-state index in [1.54, 1.807) is 0 Å². The van der Waals surface area contributed by atoms with Crippen molar-refractivity contribution in [1.29, 1.82) is 0 Å². The number of hydrogen-bond acceptors (Lipinski definition) is 4. The Morgan fingerprint density at radius 1 is 1.67 bits per heavy atom. The second-order valence-electron chi connectivity index (χ2n) is 2.20. The first kappa shape index (κ1) is 8.36. The second-order valence-corrected chi connectivity index (χ2v) is 2.20. The normalized spacial score (nSPS) is 13.3. The molecule has 0 aliphatic rings. The van der Waals surface area contributed by atoms with Gasteiger partial charge in [-0.15, -0.1) is 4.91 Å². The molecule has 0 aromatic heterocycles.